The average molecular weight is 267 g/mol. The first kappa shape index (κ1) is 13.1. The van der Waals surface area contributed by atoms with Gasteiger partial charge in [-0.1, -0.05) is 37.3 Å². The van der Waals surface area contributed by atoms with Gasteiger partial charge in [0.2, 0.25) is 0 Å². The van der Waals surface area contributed by atoms with Crippen LogP contribution in [-0.4, -0.2) is 16.5 Å². The summed E-state index contributed by atoms with van der Waals surface area (Å²) < 4.78 is 0. The average Bonchev–Trinajstić information content (AvgIpc) is 3.27. The van der Waals surface area contributed by atoms with Gasteiger partial charge in [0, 0.05) is 18.3 Å². The van der Waals surface area contributed by atoms with E-state index < -0.39 is 0 Å². The zero-order valence-corrected chi connectivity index (χ0v) is 12.2. The lowest BCUT2D eigenvalue weighted by Gasteiger charge is -2.16. The van der Waals surface area contributed by atoms with Gasteiger partial charge in [-0.3, -0.25) is 0 Å². The topological polar surface area (TPSA) is 37.8 Å². The monoisotopic (exact) mass is 267 g/mol. The van der Waals surface area contributed by atoms with Gasteiger partial charge in [0.05, 0.1) is 5.41 Å². The van der Waals surface area contributed by atoms with Crippen molar-refractivity contribution >= 4 is 5.82 Å². The van der Waals surface area contributed by atoms with Crippen LogP contribution in [0.4, 0.5) is 5.82 Å². The second kappa shape index (κ2) is 5.23. The Morgan fingerprint density at radius 3 is 2.55 bits per heavy atom. The van der Waals surface area contributed by atoms with Gasteiger partial charge in [0.25, 0.3) is 0 Å². The number of hydrogen-bond donors (Lipinski definition) is 1. The summed E-state index contributed by atoms with van der Waals surface area (Å²) in [5.74, 6) is 1.93. The Hall–Kier alpha value is -1.90. The fourth-order valence-corrected chi connectivity index (χ4v) is 2.65. The van der Waals surface area contributed by atoms with Crippen molar-refractivity contribution in [1.29, 1.82) is 0 Å². The Morgan fingerprint density at radius 2 is 1.90 bits per heavy atom. The van der Waals surface area contributed by atoms with Crippen LogP contribution in [0.2, 0.25) is 0 Å². The number of aromatic nitrogens is 2. The molecule has 0 saturated heterocycles. The summed E-state index contributed by atoms with van der Waals surface area (Å²) in [6.45, 7) is 5.16. The van der Waals surface area contributed by atoms with Crippen LogP contribution >= 0.6 is 0 Å². The summed E-state index contributed by atoms with van der Waals surface area (Å²) in [7, 11) is 0. The zero-order valence-electron chi connectivity index (χ0n) is 12.2. The summed E-state index contributed by atoms with van der Waals surface area (Å²) in [6.07, 6.45) is 3.39. The molecule has 0 unspecified atom stereocenters. The number of nitrogens with zero attached hydrogens (tertiary/aromatic N) is 2. The van der Waals surface area contributed by atoms with E-state index in [0.717, 1.165) is 43.1 Å². The quantitative estimate of drug-likeness (QED) is 0.898. The third-order valence-corrected chi connectivity index (χ3v) is 3.91. The normalized spacial score (nSPS) is 15.9. The fourth-order valence-electron chi connectivity index (χ4n) is 2.65. The van der Waals surface area contributed by atoms with Crippen LogP contribution in [0.25, 0.3) is 0 Å². The standard InChI is InChI=1S/C17H21N3/c1-3-11-18-15-12-13(2)19-16(20-15)17(9-10-17)14-7-5-4-6-8-14/h4-8,12H,3,9-11H2,1-2H3,(H,18,19,20). The van der Waals surface area contributed by atoms with Crippen molar-refractivity contribution in [2.75, 3.05) is 11.9 Å². The third-order valence-electron chi connectivity index (χ3n) is 3.91. The number of nitrogens with one attached hydrogen (secondary N) is 1. The Labute approximate surface area is 120 Å². The van der Waals surface area contributed by atoms with Gasteiger partial charge in [-0.25, -0.2) is 9.97 Å². The van der Waals surface area contributed by atoms with E-state index in [1.165, 1.54) is 5.56 Å². The molecule has 20 heavy (non-hydrogen) atoms. The molecule has 1 N–H and O–H groups in total. The van der Waals surface area contributed by atoms with Crippen LogP contribution in [0.5, 0.6) is 0 Å². The minimum absolute atomic E-state index is 0.0515. The van der Waals surface area contributed by atoms with Crippen LogP contribution in [0.15, 0.2) is 36.4 Å². The van der Waals surface area contributed by atoms with Crippen LogP contribution in [0.1, 0.15) is 43.3 Å². The first-order valence-electron chi connectivity index (χ1n) is 7.40. The maximum absolute atomic E-state index is 4.76. The molecule has 1 aliphatic carbocycles. The summed E-state index contributed by atoms with van der Waals surface area (Å²) in [4.78, 5) is 9.46. The molecule has 3 rings (SSSR count). The number of anilines is 1. The molecule has 3 heteroatoms. The second-order valence-electron chi connectivity index (χ2n) is 5.59. The minimum atomic E-state index is 0.0515. The molecule has 0 spiro atoms. The van der Waals surface area contributed by atoms with E-state index in [-0.39, 0.29) is 5.41 Å². The largest absolute Gasteiger partial charge is 0.370 e. The molecule has 0 amide bonds. The van der Waals surface area contributed by atoms with Gasteiger partial charge in [-0.15, -0.1) is 0 Å². The van der Waals surface area contributed by atoms with Gasteiger partial charge < -0.3 is 5.32 Å². The van der Waals surface area contributed by atoms with Crippen LogP contribution in [0.3, 0.4) is 0 Å². The maximum Gasteiger partial charge on any atom is 0.141 e. The lowest BCUT2D eigenvalue weighted by molar-refractivity contribution is 0.747. The summed E-state index contributed by atoms with van der Waals surface area (Å²) in [6, 6.07) is 12.7. The molecular formula is C17H21N3. The highest BCUT2D eigenvalue weighted by Crippen LogP contribution is 2.52. The Kier molecular flexibility index (Phi) is 3.43. The summed E-state index contributed by atoms with van der Waals surface area (Å²) in [5, 5.41) is 3.38. The summed E-state index contributed by atoms with van der Waals surface area (Å²) >= 11 is 0. The highest BCUT2D eigenvalue weighted by atomic mass is 15.0. The second-order valence-corrected chi connectivity index (χ2v) is 5.59. The molecule has 0 radical (unpaired) electrons. The van der Waals surface area contributed by atoms with E-state index in [0.29, 0.717) is 0 Å². The van der Waals surface area contributed by atoms with Crippen molar-refractivity contribution in [3.63, 3.8) is 0 Å². The molecule has 1 saturated carbocycles. The van der Waals surface area contributed by atoms with Crippen molar-refractivity contribution in [3.05, 3.63) is 53.5 Å². The molecule has 1 aromatic heterocycles. The lowest BCUT2D eigenvalue weighted by Crippen LogP contribution is -2.15. The van der Waals surface area contributed by atoms with Gasteiger partial charge in [-0.05, 0) is 31.7 Å². The van der Waals surface area contributed by atoms with Gasteiger partial charge in [0.15, 0.2) is 0 Å². The van der Waals surface area contributed by atoms with E-state index in [1.807, 2.05) is 13.0 Å². The smallest absolute Gasteiger partial charge is 0.141 e. The highest BCUT2D eigenvalue weighted by molar-refractivity contribution is 5.43. The van der Waals surface area contributed by atoms with E-state index in [2.05, 4.69) is 42.6 Å². The number of hydrogen-bond acceptors (Lipinski definition) is 3. The van der Waals surface area contributed by atoms with E-state index in [1.54, 1.807) is 0 Å². The van der Waals surface area contributed by atoms with Gasteiger partial charge in [-0.2, -0.15) is 0 Å². The van der Waals surface area contributed by atoms with Crippen LogP contribution in [-0.2, 0) is 5.41 Å². The zero-order chi connectivity index (χ0) is 14.0. The molecule has 2 aromatic rings. The SMILES string of the molecule is CCCNc1cc(C)nc(C2(c3ccccc3)CC2)n1. The predicted molar refractivity (Wildman–Crippen MR) is 82.0 cm³/mol. The van der Waals surface area contributed by atoms with E-state index in [4.69, 9.17) is 9.97 Å². The molecule has 1 heterocycles. The van der Waals surface area contributed by atoms with Gasteiger partial charge in [0.1, 0.15) is 11.6 Å². The lowest BCUT2D eigenvalue weighted by atomic mass is 9.95. The predicted octanol–water partition coefficient (Wildman–Crippen LogP) is 3.69. The Bertz CT molecular complexity index is 588. The molecule has 0 aliphatic heterocycles. The van der Waals surface area contributed by atoms with E-state index >= 15 is 0 Å². The highest BCUT2D eigenvalue weighted by Gasteiger charge is 2.48. The molecule has 1 aliphatic rings. The van der Waals surface area contributed by atoms with Gasteiger partial charge >= 0.3 is 0 Å². The molecule has 1 aromatic carbocycles. The van der Waals surface area contributed by atoms with Crippen molar-refractivity contribution in [3.8, 4) is 0 Å². The number of aryl methyl sites for hydroxylation is 1. The molecular weight excluding hydrogens is 246 g/mol. The number of rotatable bonds is 5. The Morgan fingerprint density at radius 1 is 1.15 bits per heavy atom. The Balaban J connectivity index is 1.96. The van der Waals surface area contributed by atoms with E-state index in [9.17, 15) is 0 Å². The van der Waals surface area contributed by atoms with Crippen molar-refractivity contribution in [2.24, 2.45) is 0 Å². The maximum atomic E-state index is 4.76. The molecule has 3 nitrogen and oxygen atoms in total. The third kappa shape index (κ3) is 2.40. The van der Waals surface area contributed by atoms with Crippen molar-refractivity contribution < 1.29 is 0 Å². The first-order chi connectivity index (χ1) is 9.74. The molecule has 0 atom stereocenters. The van der Waals surface area contributed by atoms with Crippen LogP contribution in [0, 0.1) is 6.92 Å². The molecule has 1 fully saturated rings. The summed E-state index contributed by atoms with van der Waals surface area (Å²) in [5.41, 5.74) is 2.43. The minimum Gasteiger partial charge on any atom is -0.370 e. The van der Waals surface area contributed by atoms with Crippen molar-refractivity contribution in [1.82, 2.24) is 9.97 Å². The van der Waals surface area contributed by atoms with Crippen molar-refractivity contribution in [2.45, 2.75) is 38.5 Å². The fraction of sp³-hybridized carbons (Fsp3) is 0.412. The molecule has 0 bridgehead atoms. The number of benzene rings is 1. The molecule has 104 valence electrons. The first-order valence-corrected chi connectivity index (χ1v) is 7.40. The van der Waals surface area contributed by atoms with Crippen LogP contribution < -0.4 is 5.32 Å².